The summed E-state index contributed by atoms with van der Waals surface area (Å²) in [6, 6.07) is 8.21. The zero-order valence-corrected chi connectivity index (χ0v) is 19.2. The number of phenols is 2. The number of anilines is 1. The number of aromatic hydroxyl groups is 2. The molecule has 11 nitrogen and oxygen atoms in total. The van der Waals surface area contributed by atoms with E-state index >= 15 is 0 Å². The van der Waals surface area contributed by atoms with Crippen LogP contribution >= 0.6 is 0 Å². The molecule has 0 aromatic heterocycles. The summed E-state index contributed by atoms with van der Waals surface area (Å²) in [5.74, 6) is -0.826. The molecule has 0 saturated carbocycles. The van der Waals surface area contributed by atoms with E-state index in [2.05, 4.69) is 10.2 Å². The van der Waals surface area contributed by atoms with Crippen LogP contribution in [0.4, 0.5) is 17.1 Å². The van der Waals surface area contributed by atoms with E-state index in [0.29, 0.717) is 0 Å². The van der Waals surface area contributed by atoms with E-state index in [1.165, 1.54) is 12.1 Å². The van der Waals surface area contributed by atoms with Gasteiger partial charge in [-0.25, -0.2) is 0 Å². The molecule has 0 amide bonds. The van der Waals surface area contributed by atoms with Crippen LogP contribution < -0.4 is 4.90 Å². The van der Waals surface area contributed by atoms with Crippen LogP contribution in [0.15, 0.2) is 62.5 Å². The summed E-state index contributed by atoms with van der Waals surface area (Å²) < 4.78 is 65.0. The summed E-state index contributed by atoms with van der Waals surface area (Å²) in [6.07, 6.45) is 0. The van der Waals surface area contributed by atoms with Crippen molar-refractivity contribution < 1.29 is 36.2 Å². The summed E-state index contributed by atoms with van der Waals surface area (Å²) in [7, 11) is -9.46. The third kappa shape index (κ3) is 5.22. The minimum atomic E-state index is -4.74. The Morgan fingerprint density at radius 2 is 1.30 bits per heavy atom. The average molecular weight is 496 g/mol. The lowest BCUT2D eigenvalue weighted by Gasteiger charge is -2.21. The molecule has 0 fully saturated rings. The van der Waals surface area contributed by atoms with Gasteiger partial charge in [0.2, 0.25) is 0 Å². The van der Waals surface area contributed by atoms with E-state index in [1.807, 2.05) is 18.7 Å². The van der Waals surface area contributed by atoms with Crippen molar-refractivity contribution >= 4 is 48.1 Å². The first-order chi connectivity index (χ1) is 15.3. The van der Waals surface area contributed by atoms with Crippen LogP contribution in [0.5, 0.6) is 11.5 Å². The second kappa shape index (κ2) is 8.94. The monoisotopic (exact) mass is 495 g/mol. The van der Waals surface area contributed by atoms with Gasteiger partial charge in [0.05, 0.1) is 20.9 Å². The highest BCUT2D eigenvalue weighted by Crippen LogP contribution is 2.39. The van der Waals surface area contributed by atoms with Gasteiger partial charge in [0, 0.05) is 30.9 Å². The molecule has 0 heterocycles. The van der Waals surface area contributed by atoms with Gasteiger partial charge in [-0.05, 0) is 49.6 Å². The van der Waals surface area contributed by atoms with E-state index in [4.69, 9.17) is 0 Å². The van der Waals surface area contributed by atoms with Crippen molar-refractivity contribution in [1.29, 1.82) is 0 Å². The number of fused-ring (bicyclic) bond motifs is 1. The van der Waals surface area contributed by atoms with E-state index in [1.54, 1.807) is 6.07 Å². The molecule has 0 aliphatic heterocycles. The molecular weight excluding hydrogens is 474 g/mol. The lowest BCUT2D eigenvalue weighted by Crippen LogP contribution is -2.21. The van der Waals surface area contributed by atoms with E-state index in [-0.39, 0.29) is 27.9 Å². The van der Waals surface area contributed by atoms with E-state index in [9.17, 15) is 36.2 Å². The Kier molecular flexibility index (Phi) is 6.61. The highest BCUT2D eigenvalue weighted by atomic mass is 32.2. The Morgan fingerprint density at radius 1 is 0.758 bits per heavy atom. The zero-order valence-electron chi connectivity index (χ0n) is 17.5. The first kappa shape index (κ1) is 24.4. The molecule has 0 saturated heterocycles. The molecule has 0 radical (unpaired) electrons. The van der Waals surface area contributed by atoms with Crippen LogP contribution in [-0.4, -0.2) is 49.2 Å². The summed E-state index contributed by atoms with van der Waals surface area (Å²) >= 11 is 0. The lowest BCUT2D eigenvalue weighted by molar-refractivity contribution is 0.470. The van der Waals surface area contributed by atoms with Crippen molar-refractivity contribution in [2.24, 2.45) is 10.2 Å². The van der Waals surface area contributed by atoms with Gasteiger partial charge in [-0.2, -0.15) is 16.8 Å². The number of azo groups is 1. The van der Waals surface area contributed by atoms with Crippen LogP contribution in [-0.2, 0) is 20.2 Å². The Balaban J connectivity index is 2.19. The van der Waals surface area contributed by atoms with Crippen LogP contribution in [0.1, 0.15) is 13.8 Å². The van der Waals surface area contributed by atoms with Crippen molar-refractivity contribution in [3.8, 4) is 11.5 Å². The second-order valence-electron chi connectivity index (χ2n) is 6.98. The molecule has 13 heteroatoms. The fourth-order valence-electron chi connectivity index (χ4n) is 3.28. The molecule has 0 atom stereocenters. The summed E-state index contributed by atoms with van der Waals surface area (Å²) in [4.78, 5) is 0.665. The SMILES string of the molecule is CCN(CC)c1ccc(N=Nc2cc(S(=O)(=O)O)cc3cc(S(=O)(=O)O)cc(O)c23)c(O)c1. The van der Waals surface area contributed by atoms with Crippen LogP contribution in [0.25, 0.3) is 10.8 Å². The molecule has 0 aliphatic rings. The fourth-order valence-corrected chi connectivity index (χ4v) is 4.36. The topological polar surface area (TPSA) is 177 Å². The number of nitrogens with zero attached hydrogens (tertiary/aromatic N) is 3. The summed E-state index contributed by atoms with van der Waals surface area (Å²) in [6.45, 7) is 5.36. The highest BCUT2D eigenvalue weighted by molar-refractivity contribution is 7.86. The molecule has 3 rings (SSSR count). The van der Waals surface area contributed by atoms with Crippen LogP contribution in [0.3, 0.4) is 0 Å². The Bertz CT molecular complexity index is 1460. The molecule has 3 aromatic rings. The number of hydrogen-bond donors (Lipinski definition) is 4. The van der Waals surface area contributed by atoms with Gasteiger partial charge in [0.1, 0.15) is 17.2 Å². The largest absolute Gasteiger partial charge is 0.507 e. The Hall–Kier alpha value is -3.26. The van der Waals surface area contributed by atoms with Gasteiger partial charge in [-0.15, -0.1) is 10.2 Å². The maximum absolute atomic E-state index is 11.7. The van der Waals surface area contributed by atoms with E-state index < -0.39 is 35.8 Å². The van der Waals surface area contributed by atoms with E-state index in [0.717, 1.165) is 43.0 Å². The predicted molar refractivity (Wildman–Crippen MR) is 121 cm³/mol. The molecule has 4 N–H and O–H groups in total. The molecule has 0 spiro atoms. The van der Waals surface area contributed by atoms with Gasteiger partial charge < -0.3 is 15.1 Å². The van der Waals surface area contributed by atoms with Crippen LogP contribution in [0.2, 0.25) is 0 Å². The molecule has 33 heavy (non-hydrogen) atoms. The third-order valence-corrected chi connectivity index (χ3v) is 6.57. The van der Waals surface area contributed by atoms with Crippen molar-refractivity contribution in [3.63, 3.8) is 0 Å². The number of benzene rings is 3. The zero-order chi connectivity index (χ0) is 24.6. The number of phenolic OH excluding ortho intramolecular Hbond substituents is 2. The Morgan fingerprint density at radius 3 is 1.82 bits per heavy atom. The van der Waals surface area contributed by atoms with Crippen LogP contribution in [0, 0.1) is 0 Å². The second-order valence-corrected chi connectivity index (χ2v) is 9.82. The smallest absolute Gasteiger partial charge is 0.294 e. The normalized spacial score (nSPS) is 12.5. The maximum Gasteiger partial charge on any atom is 0.294 e. The average Bonchev–Trinajstić information content (AvgIpc) is 2.72. The molecule has 176 valence electrons. The summed E-state index contributed by atoms with van der Waals surface area (Å²) in [5, 5.41) is 28.3. The fraction of sp³-hybridized carbons (Fsp3) is 0.200. The van der Waals surface area contributed by atoms with Gasteiger partial charge >= 0.3 is 0 Å². The molecular formula is C20H21N3O8S2. The molecule has 0 bridgehead atoms. The van der Waals surface area contributed by atoms with Gasteiger partial charge in [-0.1, -0.05) is 0 Å². The first-order valence-electron chi connectivity index (χ1n) is 9.60. The standard InChI is InChI=1S/C20H21N3O8S2/c1-3-23(4-2)13-5-6-16(18(24)9-13)21-22-17-10-14(32(26,27)28)7-12-8-15(33(29,30)31)11-19(25)20(12)17/h5-11,24-25H,3-4H2,1-2H3,(H,26,27,28)(H,29,30,31). The first-order valence-corrected chi connectivity index (χ1v) is 12.5. The molecule has 3 aromatic carbocycles. The minimum absolute atomic E-state index is 0.0466. The Labute approximate surface area is 190 Å². The molecule has 0 unspecified atom stereocenters. The van der Waals surface area contributed by atoms with Gasteiger partial charge in [0.15, 0.2) is 0 Å². The quantitative estimate of drug-likeness (QED) is 0.278. The van der Waals surface area contributed by atoms with Crippen molar-refractivity contribution in [2.45, 2.75) is 23.6 Å². The number of rotatable bonds is 7. The van der Waals surface area contributed by atoms with Crippen molar-refractivity contribution in [1.82, 2.24) is 0 Å². The van der Waals surface area contributed by atoms with Gasteiger partial charge in [0.25, 0.3) is 20.2 Å². The lowest BCUT2D eigenvalue weighted by atomic mass is 10.1. The third-order valence-electron chi connectivity index (χ3n) is 4.90. The maximum atomic E-state index is 11.7. The molecule has 0 aliphatic carbocycles. The van der Waals surface area contributed by atoms with Crippen molar-refractivity contribution in [3.05, 3.63) is 42.5 Å². The minimum Gasteiger partial charge on any atom is -0.507 e. The van der Waals surface area contributed by atoms with Gasteiger partial charge in [-0.3, -0.25) is 9.11 Å². The number of hydrogen-bond acceptors (Lipinski definition) is 9. The summed E-state index contributed by atoms with van der Waals surface area (Å²) in [5.41, 5.74) is 0.572. The predicted octanol–water partition coefficient (Wildman–Crippen LogP) is 4.01. The van der Waals surface area contributed by atoms with Crippen molar-refractivity contribution in [2.75, 3.05) is 18.0 Å². The highest BCUT2D eigenvalue weighted by Gasteiger charge is 2.20.